The fourth-order valence-electron chi connectivity index (χ4n) is 0. The zero-order valence-electron chi connectivity index (χ0n) is 2.21. The smallest absolute Gasteiger partial charge is 0 e. The molecule has 0 aromatic carbocycles. The van der Waals surface area contributed by atoms with Crippen LogP contribution in [0.1, 0.15) is 0 Å². The van der Waals surface area contributed by atoms with Gasteiger partial charge in [0.15, 0.2) is 0 Å². The Labute approximate surface area is 66.7 Å². The second-order valence-electron chi connectivity index (χ2n) is 0. The molecular formula is CH3CuWZr. The fourth-order valence-corrected chi connectivity index (χ4v) is 0. The molecule has 28 valence electrons. The maximum absolute atomic E-state index is 2.09. The topological polar surface area (TPSA) is 0 Å². The van der Waals surface area contributed by atoms with Gasteiger partial charge in [-0.15, -0.1) is 0 Å². The summed E-state index contributed by atoms with van der Waals surface area (Å²) in [4.78, 5) is 0. The molecule has 0 nitrogen and oxygen atoms in total. The van der Waals surface area contributed by atoms with E-state index in [9.17, 15) is 0 Å². The molecule has 0 aromatic heterocycles. The van der Waals surface area contributed by atoms with Gasteiger partial charge in [-0.05, 0) is 0 Å². The third-order valence-corrected chi connectivity index (χ3v) is 0. The molecule has 0 aliphatic rings. The predicted molar refractivity (Wildman–Crippen MR) is 5.86 cm³/mol. The maximum Gasteiger partial charge on any atom is 0 e. The van der Waals surface area contributed by atoms with Crippen molar-refractivity contribution in [3.05, 3.63) is 0 Å². The van der Waals surface area contributed by atoms with Crippen molar-refractivity contribution in [1.29, 1.82) is 0 Å². The quantitative estimate of drug-likeness (QED) is 0.559. The Morgan fingerprint density at radius 3 is 1.25 bits per heavy atom. The molecular weight excluding hydrogens is 351 g/mol. The molecule has 0 fully saturated rings. The molecule has 0 unspecified atom stereocenters. The zero-order chi connectivity index (χ0) is 2.00. The summed E-state index contributed by atoms with van der Waals surface area (Å²) in [5, 5.41) is 0. The van der Waals surface area contributed by atoms with E-state index in [4.69, 9.17) is 0 Å². The van der Waals surface area contributed by atoms with Crippen molar-refractivity contribution in [3.63, 3.8) is 0 Å². The molecule has 0 saturated carbocycles. The average Bonchev–Trinajstić information content (AvgIpc) is 1.00. The standard InChI is InChI=1S/CH3.Cu.W.Zr/h1H3;;;. The Kier molecular flexibility index (Phi) is 80.5. The monoisotopic (exact) mass is 352 g/mol. The van der Waals surface area contributed by atoms with Gasteiger partial charge in [0, 0.05) is 38.1 Å². The normalized spacial score (nSPS) is 1.00. The molecule has 0 saturated heterocycles. The van der Waals surface area contributed by atoms with Gasteiger partial charge in [-0.1, -0.05) is 0 Å². The Morgan fingerprint density at radius 2 is 1.25 bits per heavy atom. The van der Waals surface area contributed by atoms with Gasteiger partial charge < -0.3 is 0 Å². The first kappa shape index (κ1) is 16.5. The fraction of sp³-hybridized carbons (Fsp3) is 1.00. The van der Waals surface area contributed by atoms with Crippen molar-refractivity contribution in [2.75, 3.05) is 0 Å². The van der Waals surface area contributed by atoms with Gasteiger partial charge in [-0.2, -0.15) is 0 Å². The van der Waals surface area contributed by atoms with Crippen molar-refractivity contribution in [3.8, 4) is 0 Å². The molecule has 0 rings (SSSR count). The van der Waals surface area contributed by atoms with Crippen molar-refractivity contribution in [2.45, 2.75) is 4.63 Å². The first-order valence-electron chi connectivity index (χ1n) is 0.500. The number of rotatable bonds is 0. The second-order valence-corrected chi connectivity index (χ2v) is 0. The van der Waals surface area contributed by atoms with Crippen LogP contribution in [0.3, 0.4) is 0 Å². The minimum Gasteiger partial charge on any atom is 0 e. The van der Waals surface area contributed by atoms with E-state index in [1.54, 1.807) is 24.7 Å². The van der Waals surface area contributed by atoms with Crippen molar-refractivity contribution in [1.82, 2.24) is 0 Å². The summed E-state index contributed by atoms with van der Waals surface area (Å²) in [6.07, 6.45) is 0. The van der Waals surface area contributed by atoms with Crippen LogP contribution in [0.5, 0.6) is 0 Å². The first-order chi connectivity index (χ1) is 1.00. The first-order valence-corrected chi connectivity index (χ1v) is 2.96. The Morgan fingerprint density at radius 1 is 1.25 bits per heavy atom. The van der Waals surface area contributed by atoms with Crippen molar-refractivity contribution in [2.24, 2.45) is 0 Å². The van der Waals surface area contributed by atoms with Gasteiger partial charge in [0.05, 0.1) is 0 Å². The molecule has 0 heterocycles. The van der Waals surface area contributed by atoms with Crippen LogP contribution in [-0.4, -0.2) is 0 Å². The third-order valence-electron chi connectivity index (χ3n) is 0. The maximum atomic E-state index is 2.09. The minimum absolute atomic E-state index is 0. The molecule has 1 radical (unpaired) electrons. The predicted octanol–water partition coefficient (Wildman–Crippen LogP) is 0.576. The van der Waals surface area contributed by atoms with Gasteiger partial charge >= 0.3 is 29.4 Å². The summed E-state index contributed by atoms with van der Waals surface area (Å²) in [5.41, 5.74) is 0. The van der Waals surface area contributed by atoms with Crippen LogP contribution < -0.4 is 0 Å². The summed E-state index contributed by atoms with van der Waals surface area (Å²) in [7, 11) is 0. The van der Waals surface area contributed by atoms with Crippen LogP contribution in [0, 0.1) is 0 Å². The summed E-state index contributed by atoms with van der Waals surface area (Å²) in [6.45, 7) is 0. The van der Waals surface area contributed by atoms with Crippen LogP contribution in [-0.2, 0) is 62.9 Å². The van der Waals surface area contributed by atoms with Crippen LogP contribution >= 0.6 is 0 Å². The van der Waals surface area contributed by atoms with Gasteiger partial charge in [0.1, 0.15) is 0 Å². The van der Waals surface area contributed by atoms with E-state index < -0.39 is 0 Å². The van der Waals surface area contributed by atoms with E-state index >= 15 is 0 Å². The Balaban J connectivity index is -0.00000000500. The van der Waals surface area contributed by atoms with E-state index in [1.807, 2.05) is 0 Å². The van der Waals surface area contributed by atoms with Gasteiger partial charge in [0.2, 0.25) is 0 Å². The molecule has 0 amide bonds. The number of hydrogen-bond donors (Lipinski definition) is 0. The molecule has 0 bridgehead atoms. The Bertz CT molecular complexity index is 8.00. The molecule has 3 heteroatoms. The average molecular weight is 354 g/mol. The number of hydrogen-bond acceptors (Lipinski definition) is 0. The van der Waals surface area contributed by atoms with E-state index in [1.165, 1.54) is 0 Å². The van der Waals surface area contributed by atoms with E-state index in [2.05, 4.69) is 4.63 Å². The molecule has 0 spiro atoms. The van der Waals surface area contributed by atoms with E-state index in [0.717, 1.165) is 0 Å². The molecule has 0 aliphatic carbocycles. The van der Waals surface area contributed by atoms with Crippen LogP contribution in [0.2, 0.25) is 4.63 Å². The minimum atomic E-state index is 0. The van der Waals surface area contributed by atoms with Gasteiger partial charge in [0.25, 0.3) is 0 Å². The SMILES string of the molecule is [CH3][Zr].[Cu].[W]. The van der Waals surface area contributed by atoms with E-state index in [0.29, 0.717) is 0 Å². The zero-order valence-corrected chi connectivity index (χ0v) is 8.54. The van der Waals surface area contributed by atoms with Gasteiger partial charge in [-0.3, -0.25) is 0 Å². The summed E-state index contributed by atoms with van der Waals surface area (Å²) < 4.78 is 2.09. The molecule has 0 atom stereocenters. The summed E-state index contributed by atoms with van der Waals surface area (Å²) in [6, 6.07) is 0. The van der Waals surface area contributed by atoms with Gasteiger partial charge in [-0.25, -0.2) is 0 Å². The summed E-state index contributed by atoms with van der Waals surface area (Å²) >= 11 is 1.55. The molecule has 0 aliphatic heterocycles. The molecule has 0 N–H and O–H groups in total. The second kappa shape index (κ2) is 19.5. The van der Waals surface area contributed by atoms with Crippen LogP contribution in [0.25, 0.3) is 0 Å². The largest absolute Gasteiger partial charge is 0 e. The van der Waals surface area contributed by atoms with Crippen molar-refractivity contribution < 1.29 is 62.9 Å². The summed E-state index contributed by atoms with van der Waals surface area (Å²) in [5.74, 6) is 0. The third kappa shape index (κ3) is 8.94. The molecule has 4 heavy (non-hydrogen) atoms. The molecule has 0 aromatic rings. The van der Waals surface area contributed by atoms with Crippen LogP contribution in [0.15, 0.2) is 0 Å². The van der Waals surface area contributed by atoms with Crippen LogP contribution in [0.4, 0.5) is 0 Å². The van der Waals surface area contributed by atoms with E-state index in [-0.39, 0.29) is 38.1 Å². The van der Waals surface area contributed by atoms with Crippen molar-refractivity contribution >= 4 is 0 Å². The Hall–Kier alpha value is 2.09.